The Balaban J connectivity index is 2.16. The highest BCUT2D eigenvalue weighted by Gasteiger charge is 2.19. The molecule has 0 aliphatic rings. The molecule has 3 aromatic rings. The van der Waals surface area contributed by atoms with Crippen molar-refractivity contribution < 1.29 is 5.11 Å². The second kappa shape index (κ2) is 5.26. The molecule has 6 nitrogen and oxygen atoms in total. The van der Waals surface area contributed by atoms with E-state index in [1.54, 1.807) is 6.07 Å². The fourth-order valence-electron chi connectivity index (χ4n) is 2.46. The van der Waals surface area contributed by atoms with Gasteiger partial charge in [-0.25, -0.2) is 4.98 Å². The van der Waals surface area contributed by atoms with Gasteiger partial charge < -0.3 is 10.8 Å². The number of nitrogen functional groups attached to an aromatic ring is 1. The molecule has 0 unspecified atom stereocenters. The number of hydrogen-bond acceptors (Lipinski definition) is 5. The van der Waals surface area contributed by atoms with Crippen molar-refractivity contribution in [2.24, 2.45) is 0 Å². The summed E-state index contributed by atoms with van der Waals surface area (Å²) in [7, 11) is 0. The first kappa shape index (κ1) is 12.6. The minimum absolute atomic E-state index is 0.0131. The summed E-state index contributed by atoms with van der Waals surface area (Å²) in [5.74, 6) is 0.416. The quantitative estimate of drug-likeness (QED) is 0.665. The van der Waals surface area contributed by atoms with Gasteiger partial charge in [0.15, 0.2) is 0 Å². The van der Waals surface area contributed by atoms with E-state index in [-0.39, 0.29) is 12.5 Å². The van der Waals surface area contributed by atoms with Crippen LogP contribution in [0.25, 0.3) is 11.2 Å². The number of aliphatic hydroxyl groups is 1. The Morgan fingerprint density at radius 1 is 1.20 bits per heavy atom. The van der Waals surface area contributed by atoms with Crippen molar-refractivity contribution >= 4 is 17.0 Å². The number of aliphatic hydroxyl groups excluding tert-OH is 1. The van der Waals surface area contributed by atoms with Gasteiger partial charge in [0.2, 0.25) is 5.65 Å². The Bertz CT molecular complexity index is 710. The highest BCUT2D eigenvalue weighted by molar-refractivity contribution is 5.77. The van der Waals surface area contributed by atoms with Crippen LogP contribution >= 0.6 is 0 Å². The third-order valence-electron chi connectivity index (χ3n) is 3.34. The zero-order valence-electron chi connectivity index (χ0n) is 10.8. The first-order valence-corrected chi connectivity index (χ1v) is 6.42. The highest BCUT2D eigenvalue weighted by Crippen LogP contribution is 2.32. The zero-order chi connectivity index (χ0) is 13.9. The number of rotatable bonds is 4. The maximum atomic E-state index is 9.36. The van der Waals surface area contributed by atoms with Crippen LogP contribution in [0.15, 0.2) is 36.4 Å². The molecule has 0 saturated carbocycles. The molecule has 102 valence electrons. The van der Waals surface area contributed by atoms with Crippen LogP contribution in [0.4, 0.5) is 5.82 Å². The molecular formula is C14H15N5O. The minimum atomic E-state index is 0.0131. The standard InChI is InChI=1S/C14H15N5O/c15-12-8-11(13-14(16-12)18-19-17-13)10(6-7-20)9-4-2-1-3-5-9/h1-5,8,10,20H,6-7H2,(H3,15,16,17,18,19)/t10-/m1/s1. The molecule has 0 aliphatic carbocycles. The molecule has 3 rings (SSSR count). The van der Waals surface area contributed by atoms with Crippen LogP contribution in [0.2, 0.25) is 0 Å². The molecule has 1 aromatic carbocycles. The lowest BCUT2D eigenvalue weighted by Crippen LogP contribution is -2.06. The summed E-state index contributed by atoms with van der Waals surface area (Å²) in [5.41, 5.74) is 9.08. The van der Waals surface area contributed by atoms with E-state index >= 15 is 0 Å². The molecule has 1 atom stereocenters. The molecule has 0 radical (unpaired) electrons. The summed E-state index contributed by atoms with van der Waals surface area (Å²) >= 11 is 0. The van der Waals surface area contributed by atoms with Gasteiger partial charge in [0.05, 0.1) is 0 Å². The Kier molecular flexibility index (Phi) is 3.30. The number of aromatic nitrogens is 4. The molecule has 0 amide bonds. The largest absolute Gasteiger partial charge is 0.396 e. The summed E-state index contributed by atoms with van der Waals surface area (Å²) in [4.78, 5) is 4.14. The SMILES string of the molecule is Nc1cc([C@H](CCO)c2ccccc2)c2n[nH]nc2n1. The lowest BCUT2D eigenvalue weighted by Gasteiger charge is -2.17. The normalized spacial score (nSPS) is 12.7. The van der Waals surface area contributed by atoms with E-state index in [2.05, 4.69) is 20.4 Å². The summed E-state index contributed by atoms with van der Waals surface area (Å²) in [6.07, 6.45) is 0.593. The molecule has 2 aromatic heterocycles. The molecule has 20 heavy (non-hydrogen) atoms. The monoisotopic (exact) mass is 269 g/mol. The van der Waals surface area contributed by atoms with Crippen molar-refractivity contribution in [3.8, 4) is 0 Å². The number of nitrogens with one attached hydrogen (secondary N) is 1. The summed E-state index contributed by atoms with van der Waals surface area (Å²) in [6, 6.07) is 11.8. The number of aromatic amines is 1. The Hall–Kier alpha value is -2.47. The third-order valence-corrected chi connectivity index (χ3v) is 3.34. The number of nitrogens with two attached hydrogens (primary N) is 1. The number of pyridine rings is 1. The predicted molar refractivity (Wildman–Crippen MR) is 76.1 cm³/mol. The van der Waals surface area contributed by atoms with Gasteiger partial charge in [-0.3, -0.25) is 0 Å². The number of hydrogen-bond donors (Lipinski definition) is 3. The average molecular weight is 269 g/mol. The summed E-state index contributed by atoms with van der Waals surface area (Å²) < 4.78 is 0. The molecule has 4 N–H and O–H groups in total. The van der Waals surface area contributed by atoms with Crippen LogP contribution < -0.4 is 5.73 Å². The van der Waals surface area contributed by atoms with E-state index in [1.807, 2.05) is 30.3 Å². The minimum Gasteiger partial charge on any atom is -0.396 e. The predicted octanol–water partition coefficient (Wildman–Crippen LogP) is 1.45. The van der Waals surface area contributed by atoms with Gasteiger partial charge in [-0.2, -0.15) is 10.3 Å². The first-order valence-electron chi connectivity index (χ1n) is 6.42. The molecular weight excluding hydrogens is 254 g/mol. The van der Waals surface area contributed by atoms with Crippen LogP contribution in [0.5, 0.6) is 0 Å². The fraction of sp³-hybridized carbons (Fsp3) is 0.214. The maximum absolute atomic E-state index is 9.36. The number of fused-ring (bicyclic) bond motifs is 1. The second-order valence-electron chi connectivity index (χ2n) is 4.61. The molecule has 2 heterocycles. The smallest absolute Gasteiger partial charge is 0.203 e. The van der Waals surface area contributed by atoms with Crippen molar-refractivity contribution in [3.63, 3.8) is 0 Å². The fourth-order valence-corrected chi connectivity index (χ4v) is 2.46. The topological polar surface area (TPSA) is 101 Å². The number of anilines is 1. The average Bonchev–Trinajstić information content (AvgIpc) is 2.93. The molecule has 0 fully saturated rings. The van der Waals surface area contributed by atoms with Crippen molar-refractivity contribution in [1.82, 2.24) is 20.4 Å². The van der Waals surface area contributed by atoms with Gasteiger partial charge in [0, 0.05) is 12.5 Å². The van der Waals surface area contributed by atoms with Gasteiger partial charge in [0.25, 0.3) is 0 Å². The Morgan fingerprint density at radius 2 is 2.00 bits per heavy atom. The van der Waals surface area contributed by atoms with Gasteiger partial charge >= 0.3 is 0 Å². The number of H-pyrrole nitrogens is 1. The molecule has 6 heteroatoms. The van der Waals surface area contributed by atoms with E-state index in [9.17, 15) is 5.11 Å². The molecule has 0 bridgehead atoms. The van der Waals surface area contributed by atoms with Gasteiger partial charge in [-0.15, -0.1) is 5.10 Å². The summed E-state index contributed by atoms with van der Waals surface area (Å²) in [6.45, 7) is 0.0845. The molecule has 0 spiro atoms. The van der Waals surface area contributed by atoms with Gasteiger partial charge in [-0.05, 0) is 23.6 Å². The van der Waals surface area contributed by atoms with Gasteiger partial charge in [0.1, 0.15) is 11.3 Å². The van der Waals surface area contributed by atoms with E-state index in [0.717, 1.165) is 11.1 Å². The van der Waals surface area contributed by atoms with Crippen molar-refractivity contribution in [1.29, 1.82) is 0 Å². The number of nitrogens with zero attached hydrogens (tertiary/aromatic N) is 3. The van der Waals surface area contributed by atoms with Crippen LogP contribution in [0.1, 0.15) is 23.5 Å². The van der Waals surface area contributed by atoms with E-state index in [0.29, 0.717) is 23.4 Å². The highest BCUT2D eigenvalue weighted by atomic mass is 16.3. The third kappa shape index (κ3) is 2.21. The number of benzene rings is 1. The van der Waals surface area contributed by atoms with Crippen molar-refractivity contribution in [3.05, 3.63) is 47.5 Å². The maximum Gasteiger partial charge on any atom is 0.203 e. The Labute approximate surface area is 115 Å². The van der Waals surface area contributed by atoms with Crippen LogP contribution in [-0.2, 0) is 0 Å². The van der Waals surface area contributed by atoms with Gasteiger partial charge in [-0.1, -0.05) is 30.3 Å². The second-order valence-corrected chi connectivity index (χ2v) is 4.61. The Morgan fingerprint density at radius 3 is 2.75 bits per heavy atom. The van der Waals surface area contributed by atoms with Crippen LogP contribution in [0, 0.1) is 0 Å². The lowest BCUT2D eigenvalue weighted by molar-refractivity contribution is 0.282. The van der Waals surface area contributed by atoms with E-state index in [1.165, 1.54) is 0 Å². The summed E-state index contributed by atoms with van der Waals surface area (Å²) in [5, 5.41) is 20.1. The van der Waals surface area contributed by atoms with Crippen LogP contribution in [0.3, 0.4) is 0 Å². The van der Waals surface area contributed by atoms with Crippen molar-refractivity contribution in [2.45, 2.75) is 12.3 Å². The van der Waals surface area contributed by atoms with Crippen molar-refractivity contribution in [2.75, 3.05) is 12.3 Å². The first-order chi connectivity index (χ1) is 9.79. The molecule has 0 saturated heterocycles. The molecule has 0 aliphatic heterocycles. The van der Waals surface area contributed by atoms with E-state index in [4.69, 9.17) is 5.73 Å². The van der Waals surface area contributed by atoms with E-state index < -0.39 is 0 Å². The van der Waals surface area contributed by atoms with Crippen LogP contribution in [-0.4, -0.2) is 32.1 Å². The lowest BCUT2D eigenvalue weighted by atomic mass is 9.88. The zero-order valence-corrected chi connectivity index (χ0v) is 10.8.